The zero-order valence-electron chi connectivity index (χ0n) is 16.8. The number of pyridine rings is 1. The van der Waals surface area contributed by atoms with Gasteiger partial charge in [-0.15, -0.1) is 0 Å². The van der Waals surface area contributed by atoms with E-state index >= 15 is 0 Å². The Kier molecular flexibility index (Phi) is 5.65. The SMILES string of the molecule is COc1cc(NS(=O)(=O)c2ccc3c(c2)NC(=O)CO3)ccc1NC(=O)c1cccnc1. The minimum absolute atomic E-state index is 0.0602. The van der Waals surface area contributed by atoms with Gasteiger partial charge in [0, 0.05) is 18.5 Å². The Bertz CT molecular complexity index is 1290. The van der Waals surface area contributed by atoms with E-state index in [1.807, 2.05) is 0 Å². The van der Waals surface area contributed by atoms with Gasteiger partial charge in [-0.05, 0) is 42.5 Å². The van der Waals surface area contributed by atoms with E-state index in [4.69, 9.17) is 9.47 Å². The van der Waals surface area contributed by atoms with E-state index in [0.29, 0.717) is 17.0 Å². The average Bonchev–Trinajstić information content (AvgIpc) is 2.79. The molecule has 3 aromatic rings. The number of anilines is 3. The Morgan fingerprint density at radius 1 is 1.19 bits per heavy atom. The predicted molar refractivity (Wildman–Crippen MR) is 117 cm³/mol. The van der Waals surface area contributed by atoms with Crippen LogP contribution in [0, 0.1) is 0 Å². The van der Waals surface area contributed by atoms with Gasteiger partial charge in [-0.25, -0.2) is 8.42 Å². The lowest BCUT2D eigenvalue weighted by atomic mass is 10.2. The zero-order chi connectivity index (χ0) is 22.7. The van der Waals surface area contributed by atoms with Crippen LogP contribution in [0.15, 0.2) is 65.8 Å². The second-order valence-electron chi connectivity index (χ2n) is 6.71. The van der Waals surface area contributed by atoms with Crippen LogP contribution in [-0.4, -0.2) is 38.9 Å². The maximum absolute atomic E-state index is 12.8. The first-order chi connectivity index (χ1) is 15.4. The lowest BCUT2D eigenvalue weighted by Gasteiger charge is -2.19. The summed E-state index contributed by atoms with van der Waals surface area (Å²) in [5.74, 6) is -0.107. The van der Waals surface area contributed by atoms with E-state index in [9.17, 15) is 18.0 Å². The molecule has 2 heterocycles. The number of aromatic nitrogens is 1. The first kappa shape index (κ1) is 21.1. The molecule has 32 heavy (non-hydrogen) atoms. The predicted octanol–water partition coefficient (Wildman–Crippen LogP) is 2.47. The number of nitrogens with zero attached hydrogens (tertiary/aromatic N) is 1. The molecule has 0 spiro atoms. The molecule has 0 saturated carbocycles. The van der Waals surface area contributed by atoms with E-state index in [1.54, 1.807) is 18.3 Å². The van der Waals surface area contributed by atoms with E-state index < -0.39 is 10.0 Å². The van der Waals surface area contributed by atoms with Crippen LogP contribution >= 0.6 is 0 Å². The molecule has 4 rings (SSSR count). The van der Waals surface area contributed by atoms with Gasteiger partial charge in [0.2, 0.25) is 0 Å². The van der Waals surface area contributed by atoms with Crippen LogP contribution in [0.4, 0.5) is 17.1 Å². The normalized spacial score (nSPS) is 12.7. The number of nitrogens with one attached hydrogen (secondary N) is 3. The van der Waals surface area contributed by atoms with Gasteiger partial charge in [0.25, 0.3) is 21.8 Å². The average molecular weight is 454 g/mol. The van der Waals surface area contributed by atoms with Crippen molar-refractivity contribution in [2.24, 2.45) is 0 Å². The third-order valence-electron chi connectivity index (χ3n) is 4.52. The number of methoxy groups -OCH3 is 1. The number of ether oxygens (including phenoxy) is 2. The number of fused-ring (bicyclic) bond motifs is 1. The molecule has 10 nitrogen and oxygen atoms in total. The Morgan fingerprint density at radius 2 is 2.03 bits per heavy atom. The van der Waals surface area contributed by atoms with Crippen LogP contribution in [0.5, 0.6) is 11.5 Å². The van der Waals surface area contributed by atoms with E-state index in [2.05, 4.69) is 20.3 Å². The molecule has 2 aromatic carbocycles. The summed E-state index contributed by atoms with van der Waals surface area (Å²) in [5, 5.41) is 5.28. The zero-order valence-corrected chi connectivity index (χ0v) is 17.6. The Morgan fingerprint density at radius 3 is 2.78 bits per heavy atom. The summed E-state index contributed by atoms with van der Waals surface area (Å²) in [6, 6.07) is 11.9. The number of amides is 2. The second-order valence-corrected chi connectivity index (χ2v) is 8.39. The summed E-state index contributed by atoms with van der Waals surface area (Å²) in [5.41, 5.74) is 1.22. The number of rotatable bonds is 6. The summed E-state index contributed by atoms with van der Waals surface area (Å²) in [7, 11) is -2.57. The minimum atomic E-state index is -3.98. The van der Waals surface area contributed by atoms with E-state index in [1.165, 1.54) is 49.7 Å². The highest BCUT2D eigenvalue weighted by Crippen LogP contribution is 2.32. The largest absolute Gasteiger partial charge is 0.494 e. The monoisotopic (exact) mass is 454 g/mol. The van der Waals surface area contributed by atoms with Crippen molar-refractivity contribution in [2.45, 2.75) is 4.90 Å². The van der Waals surface area contributed by atoms with Gasteiger partial charge in [-0.1, -0.05) is 0 Å². The Balaban J connectivity index is 1.55. The lowest BCUT2D eigenvalue weighted by Crippen LogP contribution is -2.25. The van der Waals surface area contributed by atoms with Crippen molar-refractivity contribution < 1.29 is 27.5 Å². The van der Waals surface area contributed by atoms with Gasteiger partial charge in [-0.3, -0.25) is 19.3 Å². The summed E-state index contributed by atoms with van der Waals surface area (Å²) >= 11 is 0. The maximum atomic E-state index is 12.8. The molecule has 0 aliphatic carbocycles. The molecule has 0 saturated heterocycles. The molecule has 0 unspecified atom stereocenters. The molecule has 1 aliphatic rings. The molecular weight excluding hydrogens is 436 g/mol. The standard InChI is InChI=1S/C21H18N4O6S/c1-30-19-9-14(4-6-16(19)24-21(27)13-3-2-8-22-11-13)25-32(28,29)15-5-7-18-17(10-15)23-20(26)12-31-18/h2-11,25H,12H2,1H3,(H,23,26)(H,24,27). The summed E-state index contributed by atoms with van der Waals surface area (Å²) in [6.07, 6.45) is 2.98. The van der Waals surface area contributed by atoms with Gasteiger partial charge in [0.05, 0.1) is 34.6 Å². The van der Waals surface area contributed by atoms with E-state index in [0.717, 1.165) is 0 Å². The number of benzene rings is 2. The molecular formula is C21H18N4O6S. The van der Waals surface area contributed by atoms with Gasteiger partial charge in [-0.2, -0.15) is 0 Å². The highest BCUT2D eigenvalue weighted by atomic mass is 32.2. The van der Waals surface area contributed by atoms with Gasteiger partial charge in [0.15, 0.2) is 6.61 Å². The molecule has 11 heteroatoms. The molecule has 0 bridgehead atoms. The molecule has 0 atom stereocenters. The van der Waals surface area contributed by atoms with Crippen LogP contribution in [0.1, 0.15) is 10.4 Å². The molecule has 2 amide bonds. The van der Waals surface area contributed by atoms with Crippen molar-refractivity contribution in [3.8, 4) is 11.5 Å². The first-order valence-corrected chi connectivity index (χ1v) is 10.8. The van der Waals surface area contributed by atoms with Crippen LogP contribution in [0.3, 0.4) is 0 Å². The second kappa shape index (κ2) is 8.55. The van der Waals surface area contributed by atoms with Crippen molar-refractivity contribution in [3.63, 3.8) is 0 Å². The number of hydrogen-bond donors (Lipinski definition) is 3. The minimum Gasteiger partial charge on any atom is -0.494 e. The molecule has 164 valence electrons. The Hall–Kier alpha value is -4.12. The van der Waals surface area contributed by atoms with Crippen LogP contribution in [0.2, 0.25) is 0 Å². The Labute approximate surface area is 183 Å². The quantitative estimate of drug-likeness (QED) is 0.521. The highest BCUT2D eigenvalue weighted by Gasteiger charge is 2.21. The number of carbonyl (C=O) groups excluding carboxylic acids is 2. The molecule has 0 radical (unpaired) electrons. The van der Waals surface area contributed by atoms with Crippen LogP contribution in [-0.2, 0) is 14.8 Å². The molecule has 1 aromatic heterocycles. The van der Waals surface area contributed by atoms with Crippen molar-refractivity contribution >= 4 is 38.9 Å². The third kappa shape index (κ3) is 4.47. The topological polar surface area (TPSA) is 136 Å². The smallest absolute Gasteiger partial charge is 0.262 e. The molecule has 1 aliphatic heterocycles. The van der Waals surface area contributed by atoms with Crippen molar-refractivity contribution in [1.29, 1.82) is 0 Å². The van der Waals surface area contributed by atoms with Crippen molar-refractivity contribution in [3.05, 3.63) is 66.5 Å². The first-order valence-electron chi connectivity index (χ1n) is 9.35. The van der Waals surface area contributed by atoms with Gasteiger partial charge >= 0.3 is 0 Å². The van der Waals surface area contributed by atoms with Gasteiger partial charge in [0.1, 0.15) is 11.5 Å². The number of carbonyl (C=O) groups is 2. The molecule has 3 N–H and O–H groups in total. The lowest BCUT2D eigenvalue weighted by molar-refractivity contribution is -0.118. The van der Waals surface area contributed by atoms with Crippen molar-refractivity contribution in [2.75, 3.05) is 29.1 Å². The summed E-state index contributed by atoms with van der Waals surface area (Å²) < 4.78 is 38.7. The highest BCUT2D eigenvalue weighted by molar-refractivity contribution is 7.92. The van der Waals surface area contributed by atoms with E-state index in [-0.39, 0.29) is 40.4 Å². The van der Waals surface area contributed by atoms with Crippen molar-refractivity contribution in [1.82, 2.24) is 4.98 Å². The summed E-state index contributed by atoms with van der Waals surface area (Å²) in [6.45, 7) is -0.124. The molecule has 0 fully saturated rings. The number of sulfonamides is 1. The van der Waals surface area contributed by atoms with Crippen LogP contribution < -0.4 is 24.8 Å². The third-order valence-corrected chi connectivity index (χ3v) is 5.90. The number of hydrogen-bond acceptors (Lipinski definition) is 7. The maximum Gasteiger partial charge on any atom is 0.262 e. The van der Waals surface area contributed by atoms with Gasteiger partial charge < -0.3 is 20.1 Å². The van der Waals surface area contributed by atoms with Crippen LogP contribution in [0.25, 0.3) is 0 Å². The fraction of sp³-hybridized carbons (Fsp3) is 0.0952. The fourth-order valence-electron chi connectivity index (χ4n) is 2.99. The fourth-order valence-corrected chi connectivity index (χ4v) is 4.07. The summed E-state index contributed by atoms with van der Waals surface area (Å²) in [4.78, 5) is 27.7.